The summed E-state index contributed by atoms with van der Waals surface area (Å²) in [6.07, 6.45) is 2.87. The van der Waals surface area contributed by atoms with Crippen LogP contribution in [0.1, 0.15) is 29.4 Å². The van der Waals surface area contributed by atoms with Crippen LogP contribution in [0.5, 0.6) is 0 Å². The molecule has 5 nitrogen and oxygen atoms in total. The van der Waals surface area contributed by atoms with E-state index in [2.05, 4.69) is 70.0 Å². The Labute approximate surface area is 125 Å². The van der Waals surface area contributed by atoms with Gasteiger partial charge in [0.15, 0.2) is 0 Å². The molecule has 0 saturated carbocycles. The van der Waals surface area contributed by atoms with Gasteiger partial charge >= 0.3 is 0 Å². The van der Waals surface area contributed by atoms with E-state index in [0.717, 1.165) is 30.9 Å². The number of likely N-dealkylation sites (N-methyl/N-ethyl adjacent to an activating group) is 1. The molecule has 1 saturated heterocycles. The number of aromatic nitrogens is 2. The maximum absolute atomic E-state index is 4.36. The van der Waals surface area contributed by atoms with Crippen LogP contribution in [0.4, 0.5) is 0 Å². The molecule has 0 aliphatic carbocycles. The Hall–Kier alpha value is -1.69. The molecule has 21 heavy (non-hydrogen) atoms. The van der Waals surface area contributed by atoms with Gasteiger partial charge in [-0.3, -0.25) is 10.3 Å². The second-order valence-electron chi connectivity index (χ2n) is 5.86. The van der Waals surface area contributed by atoms with Crippen molar-refractivity contribution in [2.24, 2.45) is 0 Å². The summed E-state index contributed by atoms with van der Waals surface area (Å²) in [5, 5.41) is 0. The summed E-state index contributed by atoms with van der Waals surface area (Å²) in [5.74, 6) is 0. The molecule has 2 aromatic rings. The largest absolute Gasteiger partial charge is 0.348 e. The molecular weight excluding hydrogens is 262 g/mol. The van der Waals surface area contributed by atoms with Crippen molar-refractivity contribution in [3.05, 3.63) is 53.6 Å². The Balaban J connectivity index is 1.52. The Morgan fingerprint density at radius 2 is 2.05 bits per heavy atom. The van der Waals surface area contributed by atoms with E-state index >= 15 is 0 Å². The Kier molecular flexibility index (Phi) is 4.34. The SMILES string of the molecule is Cc1[nH]cnc1CN(C)CC1CC(c2ccccc2)NN1. The number of imidazole rings is 1. The van der Waals surface area contributed by atoms with Gasteiger partial charge in [-0.2, -0.15) is 0 Å². The Bertz CT molecular complexity index is 565. The zero-order valence-corrected chi connectivity index (χ0v) is 12.6. The van der Waals surface area contributed by atoms with Crippen molar-refractivity contribution in [3.8, 4) is 0 Å². The first kappa shape index (κ1) is 14.3. The molecule has 2 atom stereocenters. The van der Waals surface area contributed by atoms with Crippen molar-refractivity contribution >= 4 is 0 Å². The van der Waals surface area contributed by atoms with Crippen LogP contribution < -0.4 is 10.9 Å². The Morgan fingerprint density at radius 3 is 2.76 bits per heavy atom. The van der Waals surface area contributed by atoms with Crippen molar-refractivity contribution in [1.29, 1.82) is 0 Å². The van der Waals surface area contributed by atoms with Gasteiger partial charge in [-0.1, -0.05) is 30.3 Å². The zero-order chi connectivity index (χ0) is 14.7. The first-order valence-corrected chi connectivity index (χ1v) is 7.46. The minimum atomic E-state index is 0.400. The molecule has 1 aromatic heterocycles. The summed E-state index contributed by atoms with van der Waals surface area (Å²) in [7, 11) is 2.14. The average Bonchev–Trinajstić information content (AvgIpc) is 3.10. The van der Waals surface area contributed by atoms with Crippen LogP contribution in [0, 0.1) is 6.92 Å². The first-order chi connectivity index (χ1) is 10.2. The number of nitrogens with zero attached hydrogens (tertiary/aromatic N) is 2. The van der Waals surface area contributed by atoms with Gasteiger partial charge in [0, 0.05) is 30.9 Å². The molecule has 2 unspecified atom stereocenters. The fraction of sp³-hybridized carbons (Fsp3) is 0.438. The zero-order valence-electron chi connectivity index (χ0n) is 12.6. The van der Waals surface area contributed by atoms with Gasteiger partial charge in [0.25, 0.3) is 0 Å². The van der Waals surface area contributed by atoms with Crippen LogP contribution in [-0.2, 0) is 6.54 Å². The van der Waals surface area contributed by atoms with Gasteiger partial charge in [-0.15, -0.1) is 0 Å². The summed E-state index contributed by atoms with van der Waals surface area (Å²) >= 11 is 0. The number of nitrogens with one attached hydrogen (secondary N) is 3. The molecule has 0 radical (unpaired) electrons. The minimum absolute atomic E-state index is 0.400. The number of hydrogen-bond donors (Lipinski definition) is 3. The molecule has 0 bridgehead atoms. The van der Waals surface area contributed by atoms with Crippen molar-refractivity contribution < 1.29 is 0 Å². The van der Waals surface area contributed by atoms with E-state index in [1.807, 2.05) is 0 Å². The maximum atomic E-state index is 4.36. The number of aromatic amines is 1. The maximum Gasteiger partial charge on any atom is 0.0925 e. The molecule has 1 aliphatic rings. The molecule has 0 spiro atoms. The van der Waals surface area contributed by atoms with Crippen LogP contribution in [0.15, 0.2) is 36.7 Å². The molecule has 0 amide bonds. The quantitative estimate of drug-likeness (QED) is 0.783. The highest BCUT2D eigenvalue weighted by Gasteiger charge is 2.25. The number of benzene rings is 1. The van der Waals surface area contributed by atoms with E-state index < -0.39 is 0 Å². The van der Waals surface area contributed by atoms with E-state index in [0.29, 0.717) is 12.1 Å². The topological polar surface area (TPSA) is 56.0 Å². The third-order valence-electron chi connectivity index (χ3n) is 4.07. The fourth-order valence-electron chi connectivity index (χ4n) is 2.89. The Morgan fingerprint density at radius 1 is 1.24 bits per heavy atom. The van der Waals surface area contributed by atoms with Crippen molar-refractivity contribution in [2.45, 2.75) is 32.0 Å². The predicted octanol–water partition coefficient (Wildman–Crippen LogP) is 1.76. The summed E-state index contributed by atoms with van der Waals surface area (Å²) in [4.78, 5) is 9.81. The lowest BCUT2D eigenvalue weighted by Crippen LogP contribution is -2.38. The van der Waals surface area contributed by atoms with Gasteiger partial charge < -0.3 is 4.98 Å². The van der Waals surface area contributed by atoms with Crippen molar-refractivity contribution in [3.63, 3.8) is 0 Å². The van der Waals surface area contributed by atoms with Gasteiger partial charge in [-0.25, -0.2) is 10.4 Å². The van der Waals surface area contributed by atoms with Crippen LogP contribution in [-0.4, -0.2) is 34.5 Å². The minimum Gasteiger partial charge on any atom is -0.348 e. The predicted molar refractivity (Wildman–Crippen MR) is 83.5 cm³/mol. The highest BCUT2D eigenvalue weighted by Crippen LogP contribution is 2.22. The second-order valence-corrected chi connectivity index (χ2v) is 5.86. The highest BCUT2D eigenvalue weighted by atomic mass is 15.4. The monoisotopic (exact) mass is 285 g/mol. The molecule has 112 valence electrons. The third kappa shape index (κ3) is 3.50. The van der Waals surface area contributed by atoms with Gasteiger partial charge in [0.05, 0.1) is 12.0 Å². The van der Waals surface area contributed by atoms with Crippen LogP contribution in [0.25, 0.3) is 0 Å². The van der Waals surface area contributed by atoms with E-state index in [1.54, 1.807) is 6.33 Å². The normalized spacial score (nSPS) is 22.0. The second kappa shape index (κ2) is 6.39. The van der Waals surface area contributed by atoms with E-state index in [9.17, 15) is 0 Å². The molecule has 5 heteroatoms. The van der Waals surface area contributed by atoms with Gasteiger partial charge in [-0.05, 0) is 26.0 Å². The number of H-pyrrole nitrogens is 1. The van der Waals surface area contributed by atoms with Crippen molar-refractivity contribution in [1.82, 2.24) is 25.7 Å². The number of rotatable bonds is 5. The standard InChI is InChI=1S/C16H23N5/c1-12-16(18-11-17-12)10-21(2)9-14-8-15(20-19-14)13-6-4-3-5-7-13/h3-7,11,14-15,19-20H,8-10H2,1-2H3,(H,17,18). The van der Waals surface area contributed by atoms with Crippen LogP contribution in [0.3, 0.4) is 0 Å². The van der Waals surface area contributed by atoms with Crippen molar-refractivity contribution in [2.75, 3.05) is 13.6 Å². The summed E-state index contributed by atoms with van der Waals surface area (Å²) < 4.78 is 0. The number of aryl methyl sites for hydroxylation is 1. The molecule has 3 N–H and O–H groups in total. The lowest BCUT2D eigenvalue weighted by molar-refractivity contribution is 0.286. The molecule has 1 aromatic carbocycles. The van der Waals surface area contributed by atoms with Crippen LogP contribution >= 0.6 is 0 Å². The first-order valence-electron chi connectivity index (χ1n) is 7.46. The lowest BCUT2D eigenvalue weighted by Gasteiger charge is -2.20. The van der Waals surface area contributed by atoms with Crippen LogP contribution in [0.2, 0.25) is 0 Å². The molecule has 2 heterocycles. The average molecular weight is 285 g/mol. The van der Waals surface area contributed by atoms with E-state index in [1.165, 1.54) is 5.56 Å². The third-order valence-corrected chi connectivity index (χ3v) is 4.07. The van der Waals surface area contributed by atoms with Gasteiger partial charge in [0.2, 0.25) is 0 Å². The smallest absolute Gasteiger partial charge is 0.0925 e. The fourth-order valence-corrected chi connectivity index (χ4v) is 2.89. The van der Waals surface area contributed by atoms with E-state index in [-0.39, 0.29) is 0 Å². The molecule has 3 rings (SSSR count). The summed E-state index contributed by atoms with van der Waals surface area (Å²) in [6.45, 7) is 3.95. The van der Waals surface area contributed by atoms with E-state index in [4.69, 9.17) is 0 Å². The van der Waals surface area contributed by atoms with Gasteiger partial charge in [0.1, 0.15) is 0 Å². The summed E-state index contributed by atoms with van der Waals surface area (Å²) in [5.41, 5.74) is 10.4. The number of hydrazine groups is 1. The lowest BCUT2D eigenvalue weighted by atomic mass is 10.0. The molecule has 1 aliphatic heterocycles. The molecule has 1 fully saturated rings. The summed E-state index contributed by atoms with van der Waals surface area (Å²) in [6, 6.07) is 11.5. The molecular formula is C16H23N5. The number of hydrogen-bond acceptors (Lipinski definition) is 4. The highest BCUT2D eigenvalue weighted by molar-refractivity contribution is 5.20.